The van der Waals surface area contributed by atoms with E-state index < -0.39 is 0 Å². The number of oxazole rings is 1. The van der Waals surface area contributed by atoms with Crippen LogP contribution in [0.15, 0.2) is 65.3 Å². The van der Waals surface area contributed by atoms with Gasteiger partial charge in [-0.2, -0.15) is 0 Å². The van der Waals surface area contributed by atoms with Crippen molar-refractivity contribution in [1.29, 1.82) is 0 Å². The summed E-state index contributed by atoms with van der Waals surface area (Å²) in [6.07, 6.45) is 6.05. The number of aliphatic hydroxyl groups is 1. The highest BCUT2D eigenvalue weighted by Gasteiger charge is 2.03. The summed E-state index contributed by atoms with van der Waals surface area (Å²) in [6.45, 7) is 0.500. The van der Waals surface area contributed by atoms with Gasteiger partial charge in [-0.25, -0.2) is 4.98 Å². The fourth-order valence-corrected chi connectivity index (χ4v) is 2.24. The molecule has 0 radical (unpaired) electrons. The van der Waals surface area contributed by atoms with Crippen molar-refractivity contribution in [1.82, 2.24) is 4.98 Å². The molecule has 4 heteroatoms. The lowest BCUT2D eigenvalue weighted by Crippen LogP contribution is -1.96. The van der Waals surface area contributed by atoms with E-state index in [1.165, 1.54) is 0 Å². The zero-order valence-corrected chi connectivity index (χ0v) is 13.3. The van der Waals surface area contributed by atoms with Gasteiger partial charge < -0.3 is 14.3 Å². The molecular formula is C20H19NO3. The molecule has 0 fully saturated rings. The Morgan fingerprint density at radius 1 is 1.00 bits per heavy atom. The second kappa shape index (κ2) is 8.13. The monoisotopic (exact) mass is 321 g/mol. The van der Waals surface area contributed by atoms with Crippen molar-refractivity contribution < 1.29 is 14.3 Å². The SMILES string of the molecule is OCCc1ccc(OCc2coc(/C=C/c3ccccc3)n2)cc1. The van der Waals surface area contributed by atoms with Gasteiger partial charge in [0.15, 0.2) is 0 Å². The van der Waals surface area contributed by atoms with E-state index in [0.717, 1.165) is 22.6 Å². The summed E-state index contributed by atoms with van der Waals surface area (Å²) < 4.78 is 11.1. The fourth-order valence-electron chi connectivity index (χ4n) is 2.24. The van der Waals surface area contributed by atoms with E-state index in [1.807, 2.05) is 66.7 Å². The number of nitrogens with zero attached hydrogens (tertiary/aromatic N) is 1. The number of aromatic nitrogens is 1. The van der Waals surface area contributed by atoms with Crippen LogP contribution in [0.5, 0.6) is 5.75 Å². The molecule has 0 unspecified atom stereocenters. The Kier molecular flexibility index (Phi) is 5.43. The Morgan fingerprint density at radius 3 is 2.54 bits per heavy atom. The molecule has 122 valence electrons. The Balaban J connectivity index is 1.55. The van der Waals surface area contributed by atoms with Crippen LogP contribution in [0.3, 0.4) is 0 Å². The Bertz CT molecular complexity index is 776. The topological polar surface area (TPSA) is 55.5 Å². The van der Waals surface area contributed by atoms with E-state index in [1.54, 1.807) is 6.26 Å². The summed E-state index contributed by atoms with van der Waals surface area (Å²) in [5, 5.41) is 8.90. The second-order valence-corrected chi connectivity index (χ2v) is 5.33. The predicted molar refractivity (Wildman–Crippen MR) is 93.4 cm³/mol. The fraction of sp³-hybridized carbons (Fsp3) is 0.150. The quantitative estimate of drug-likeness (QED) is 0.715. The first-order valence-electron chi connectivity index (χ1n) is 7.83. The van der Waals surface area contributed by atoms with E-state index in [0.29, 0.717) is 18.9 Å². The Morgan fingerprint density at radius 2 is 1.79 bits per heavy atom. The van der Waals surface area contributed by atoms with Crippen LogP contribution in [0.1, 0.15) is 22.7 Å². The lowest BCUT2D eigenvalue weighted by molar-refractivity contribution is 0.297. The zero-order valence-electron chi connectivity index (χ0n) is 13.3. The molecule has 1 aromatic heterocycles. The average molecular weight is 321 g/mol. The van der Waals surface area contributed by atoms with Crippen LogP contribution in [0.4, 0.5) is 0 Å². The van der Waals surface area contributed by atoms with Crippen LogP contribution in [0, 0.1) is 0 Å². The third kappa shape index (κ3) is 4.57. The lowest BCUT2D eigenvalue weighted by atomic mass is 10.1. The minimum Gasteiger partial charge on any atom is -0.487 e. The van der Waals surface area contributed by atoms with Gasteiger partial charge in [-0.1, -0.05) is 42.5 Å². The summed E-state index contributed by atoms with van der Waals surface area (Å²) in [7, 11) is 0. The molecule has 2 aromatic carbocycles. The van der Waals surface area contributed by atoms with Crippen molar-refractivity contribution >= 4 is 12.2 Å². The Hall–Kier alpha value is -2.85. The van der Waals surface area contributed by atoms with Gasteiger partial charge in [0, 0.05) is 12.7 Å². The summed E-state index contributed by atoms with van der Waals surface area (Å²) in [4.78, 5) is 4.38. The van der Waals surface area contributed by atoms with Gasteiger partial charge in [0.05, 0.1) is 0 Å². The van der Waals surface area contributed by atoms with Crippen molar-refractivity contribution in [3.63, 3.8) is 0 Å². The first-order chi connectivity index (χ1) is 11.8. The number of rotatable bonds is 7. The summed E-state index contributed by atoms with van der Waals surface area (Å²) in [5.74, 6) is 1.32. The average Bonchev–Trinajstić information content (AvgIpc) is 3.09. The smallest absolute Gasteiger partial charge is 0.218 e. The molecule has 1 N–H and O–H groups in total. The molecule has 0 aliphatic rings. The van der Waals surface area contributed by atoms with Crippen LogP contribution in [0.2, 0.25) is 0 Å². The highest BCUT2D eigenvalue weighted by atomic mass is 16.5. The normalized spacial score (nSPS) is 11.0. The van der Waals surface area contributed by atoms with E-state index in [-0.39, 0.29) is 6.61 Å². The molecule has 0 saturated carbocycles. The molecule has 3 rings (SSSR count). The van der Waals surface area contributed by atoms with Crippen molar-refractivity contribution in [3.8, 4) is 5.75 Å². The molecular weight excluding hydrogens is 302 g/mol. The molecule has 0 amide bonds. The summed E-state index contributed by atoms with van der Waals surface area (Å²) in [5.41, 5.74) is 2.92. The molecule has 0 aliphatic carbocycles. The van der Waals surface area contributed by atoms with Gasteiger partial charge in [-0.15, -0.1) is 0 Å². The highest BCUT2D eigenvalue weighted by molar-refractivity contribution is 5.65. The minimum atomic E-state index is 0.151. The van der Waals surface area contributed by atoms with Crippen molar-refractivity contribution in [2.45, 2.75) is 13.0 Å². The summed E-state index contributed by atoms with van der Waals surface area (Å²) in [6, 6.07) is 17.7. The molecule has 0 bridgehead atoms. The maximum absolute atomic E-state index is 8.90. The van der Waals surface area contributed by atoms with E-state index in [2.05, 4.69) is 4.98 Å². The lowest BCUT2D eigenvalue weighted by Gasteiger charge is -2.04. The van der Waals surface area contributed by atoms with Crippen molar-refractivity contribution in [2.75, 3.05) is 6.61 Å². The second-order valence-electron chi connectivity index (χ2n) is 5.33. The van der Waals surface area contributed by atoms with Crippen LogP contribution in [-0.2, 0) is 13.0 Å². The number of aliphatic hydroxyl groups excluding tert-OH is 1. The molecule has 0 spiro atoms. The summed E-state index contributed by atoms with van der Waals surface area (Å²) >= 11 is 0. The van der Waals surface area contributed by atoms with Gasteiger partial charge >= 0.3 is 0 Å². The van der Waals surface area contributed by atoms with Crippen LogP contribution in [0.25, 0.3) is 12.2 Å². The predicted octanol–water partition coefficient (Wildman–Crippen LogP) is 3.96. The van der Waals surface area contributed by atoms with Gasteiger partial charge in [-0.3, -0.25) is 0 Å². The molecule has 1 heterocycles. The minimum absolute atomic E-state index is 0.151. The van der Waals surface area contributed by atoms with Crippen molar-refractivity contribution in [2.24, 2.45) is 0 Å². The zero-order chi connectivity index (χ0) is 16.6. The highest BCUT2D eigenvalue weighted by Crippen LogP contribution is 2.15. The molecule has 0 saturated heterocycles. The van der Waals surface area contributed by atoms with Crippen LogP contribution in [-0.4, -0.2) is 16.7 Å². The van der Waals surface area contributed by atoms with Crippen LogP contribution < -0.4 is 4.74 Å². The largest absolute Gasteiger partial charge is 0.487 e. The standard InChI is InChI=1S/C20H19NO3/c22-13-12-17-6-9-19(10-7-17)23-14-18-15-24-20(21-18)11-8-16-4-2-1-3-5-16/h1-11,15,22H,12-14H2/b11-8+. The van der Waals surface area contributed by atoms with Crippen molar-refractivity contribution in [3.05, 3.63) is 83.6 Å². The molecule has 0 aliphatic heterocycles. The third-order valence-corrected chi connectivity index (χ3v) is 3.50. The van der Waals surface area contributed by atoms with Gasteiger partial charge in [-0.05, 0) is 35.8 Å². The maximum atomic E-state index is 8.90. The van der Waals surface area contributed by atoms with Gasteiger partial charge in [0.25, 0.3) is 0 Å². The molecule has 3 aromatic rings. The molecule has 24 heavy (non-hydrogen) atoms. The van der Waals surface area contributed by atoms with E-state index >= 15 is 0 Å². The number of hydrogen-bond acceptors (Lipinski definition) is 4. The van der Waals surface area contributed by atoms with E-state index in [4.69, 9.17) is 14.3 Å². The number of ether oxygens (including phenoxy) is 1. The van der Waals surface area contributed by atoms with Gasteiger partial charge in [0.1, 0.15) is 24.3 Å². The number of hydrogen-bond donors (Lipinski definition) is 1. The first-order valence-corrected chi connectivity index (χ1v) is 7.83. The van der Waals surface area contributed by atoms with E-state index in [9.17, 15) is 0 Å². The first kappa shape index (κ1) is 16.0. The third-order valence-electron chi connectivity index (χ3n) is 3.50. The Labute approximate surface area is 141 Å². The maximum Gasteiger partial charge on any atom is 0.218 e. The van der Waals surface area contributed by atoms with Gasteiger partial charge in [0.2, 0.25) is 5.89 Å². The molecule has 4 nitrogen and oxygen atoms in total. The molecule has 0 atom stereocenters. The van der Waals surface area contributed by atoms with Crippen LogP contribution >= 0.6 is 0 Å². The number of benzene rings is 2.